The van der Waals surface area contributed by atoms with Crippen LogP contribution in [0.2, 0.25) is 0 Å². The monoisotopic (exact) mass is 174 g/mol. The van der Waals surface area contributed by atoms with E-state index in [4.69, 9.17) is 0 Å². The van der Waals surface area contributed by atoms with E-state index in [0.717, 1.165) is 13.1 Å². The third kappa shape index (κ3) is 1.70. The van der Waals surface area contributed by atoms with Gasteiger partial charge in [-0.2, -0.15) is 0 Å². The fourth-order valence-electron chi connectivity index (χ4n) is 1.29. The van der Waals surface area contributed by atoms with Crippen molar-refractivity contribution in [2.24, 2.45) is 0 Å². The van der Waals surface area contributed by atoms with Crippen molar-refractivity contribution >= 4 is 12.4 Å². The molecule has 1 fully saturated rings. The molecule has 1 aromatic rings. The fourth-order valence-corrected chi connectivity index (χ4v) is 1.29. The van der Waals surface area contributed by atoms with E-state index in [9.17, 15) is 0 Å². The van der Waals surface area contributed by atoms with Crippen LogP contribution in [0.1, 0.15) is 12.5 Å². The second-order valence-corrected chi connectivity index (χ2v) is 2.56. The lowest BCUT2D eigenvalue weighted by molar-refractivity contribution is 0.545. The number of rotatable bonds is 1. The molecule has 1 saturated heterocycles. The largest absolute Gasteiger partial charge is 0.316 e. The number of hydrogen-bond acceptors (Lipinski definition) is 3. The average Bonchev–Trinajstić information content (AvgIpc) is 2.59. The summed E-state index contributed by atoms with van der Waals surface area (Å²) >= 11 is 0. The number of aromatic nitrogens is 3. The van der Waals surface area contributed by atoms with Gasteiger partial charge in [-0.3, -0.25) is 0 Å². The minimum Gasteiger partial charge on any atom is -0.316 e. The van der Waals surface area contributed by atoms with Gasteiger partial charge in [0.1, 0.15) is 12.7 Å². The molecule has 0 radical (unpaired) electrons. The minimum atomic E-state index is 0. The second-order valence-electron chi connectivity index (χ2n) is 2.56. The molecule has 2 heterocycles. The highest BCUT2D eigenvalue weighted by molar-refractivity contribution is 5.85. The Labute approximate surface area is 71.4 Å². The summed E-state index contributed by atoms with van der Waals surface area (Å²) in [6, 6.07) is 0.579. The molecule has 0 aromatic carbocycles. The summed E-state index contributed by atoms with van der Waals surface area (Å²) in [7, 11) is 0. The third-order valence-corrected chi connectivity index (χ3v) is 1.89. The van der Waals surface area contributed by atoms with E-state index in [-0.39, 0.29) is 12.4 Å². The van der Waals surface area contributed by atoms with Crippen molar-refractivity contribution in [3.8, 4) is 0 Å². The maximum atomic E-state index is 3.75. The Morgan fingerprint density at radius 3 is 2.64 bits per heavy atom. The van der Waals surface area contributed by atoms with Gasteiger partial charge < -0.3 is 9.88 Å². The lowest BCUT2D eigenvalue weighted by Gasteiger charge is -2.06. The molecule has 1 unspecified atom stereocenters. The Morgan fingerprint density at radius 1 is 1.36 bits per heavy atom. The van der Waals surface area contributed by atoms with E-state index in [0.29, 0.717) is 6.04 Å². The summed E-state index contributed by atoms with van der Waals surface area (Å²) in [6.07, 6.45) is 4.74. The number of nitrogens with zero attached hydrogens (tertiary/aromatic N) is 3. The van der Waals surface area contributed by atoms with Crippen molar-refractivity contribution in [2.45, 2.75) is 12.5 Å². The maximum Gasteiger partial charge on any atom is 0.119 e. The predicted octanol–water partition coefficient (Wildman–Crippen LogP) is 0.234. The molecule has 1 aliphatic heterocycles. The summed E-state index contributed by atoms with van der Waals surface area (Å²) in [4.78, 5) is 0. The first-order chi connectivity index (χ1) is 4.97. The molecule has 2 rings (SSSR count). The Morgan fingerprint density at radius 2 is 2.09 bits per heavy atom. The molecule has 0 saturated carbocycles. The zero-order valence-corrected chi connectivity index (χ0v) is 6.92. The van der Waals surface area contributed by atoms with Gasteiger partial charge >= 0.3 is 0 Å². The van der Waals surface area contributed by atoms with E-state index in [1.165, 1.54) is 6.42 Å². The Bertz CT molecular complexity index is 192. The molecule has 11 heavy (non-hydrogen) atoms. The van der Waals surface area contributed by atoms with E-state index < -0.39 is 0 Å². The van der Waals surface area contributed by atoms with Crippen LogP contribution < -0.4 is 5.32 Å². The molecule has 5 heteroatoms. The minimum absolute atomic E-state index is 0. The molecular formula is C6H11ClN4. The molecule has 0 bridgehead atoms. The van der Waals surface area contributed by atoms with Gasteiger partial charge in [-0.25, -0.2) is 0 Å². The number of halogens is 1. The zero-order valence-electron chi connectivity index (χ0n) is 6.10. The molecule has 1 aromatic heterocycles. The SMILES string of the molecule is Cl.c1nncn1C1CCNC1. The van der Waals surface area contributed by atoms with Crippen LogP contribution in [0.15, 0.2) is 12.7 Å². The van der Waals surface area contributed by atoms with Crippen LogP contribution in [-0.2, 0) is 0 Å². The van der Waals surface area contributed by atoms with E-state index in [1.807, 2.05) is 0 Å². The lowest BCUT2D eigenvalue weighted by Crippen LogP contribution is -2.11. The van der Waals surface area contributed by atoms with Crippen molar-refractivity contribution in [3.05, 3.63) is 12.7 Å². The summed E-state index contributed by atoms with van der Waals surface area (Å²) in [5.41, 5.74) is 0. The van der Waals surface area contributed by atoms with Gasteiger partial charge in [0.15, 0.2) is 0 Å². The number of hydrogen-bond donors (Lipinski definition) is 1. The van der Waals surface area contributed by atoms with Crippen LogP contribution in [0.25, 0.3) is 0 Å². The van der Waals surface area contributed by atoms with Crippen molar-refractivity contribution in [1.29, 1.82) is 0 Å². The Hall–Kier alpha value is -0.610. The molecule has 1 N–H and O–H groups in total. The van der Waals surface area contributed by atoms with Gasteiger partial charge in [-0.05, 0) is 13.0 Å². The van der Waals surface area contributed by atoms with E-state index >= 15 is 0 Å². The van der Waals surface area contributed by atoms with Gasteiger partial charge in [-0.1, -0.05) is 0 Å². The molecule has 1 aliphatic rings. The molecule has 4 nitrogen and oxygen atoms in total. The maximum absolute atomic E-state index is 3.75. The fraction of sp³-hybridized carbons (Fsp3) is 0.667. The van der Waals surface area contributed by atoms with Crippen LogP contribution in [0, 0.1) is 0 Å². The molecule has 62 valence electrons. The Balaban J connectivity index is 0.000000605. The smallest absolute Gasteiger partial charge is 0.119 e. The predicted molar refractivity (Wildman–Crippen MR) is 43.8 cm³/mol. The quantitative estimate of drug-likeness (QED) is 0.663. The summed E-state index contributed by atoms with van der Waals surface area (Å²) in [5, 5.41) is 10.8. The van der Waals surface area contributed by atoms with Gasteiger partial charge in [-0.15, -0.1) is 22.6 Å². The van der Waals surface area contributed by atoms with Crippen LogP contribution in [0.5, 0.6) is 0 Å². The Kier molecular flexibility index (Phi) is 2.84. The summed E-state index contributed by atoms with van der Waals surface area (Å²) in [5.74, 6) is 0. The highest BCUT2D eigenvalue weighted by Crippen LogP contribution is 2.12. The highest BCUT2D eigenvalue weighted by Gasteiger charge is 2.14. The van der Waals surface area contributed by atoms with Crippen LogP contribution in [-0.4, -0.2) is 27.9 Å². The highest BCUT2D eigenvalue weighted by atomic mass is 35.5. The van der Waals surface area contributed by atoms with Crippen LogP contribution in [0.3, 0.4) is 0 Å². The van der Waals surface area contributed by atoms with Crippen molar-refractivity contribution in [3.63, 3.8) is 0 Å². The van der Waals surface area contributed by atoms with Crippen LogP contribution >= 0.6 is 12.4 Å². The van der Waals surface area contributed by atoms with Crippen molar-refractivity contribution in [1.82, 2.24) is 20.1 Å². The second kappa shape index (κ2) is 3.69. The van der Waals surface area contributed by atoms with Crippen molar-refractivity contribution < 1.29 is 0 Å². The zero-order chi connectivity index (χ0) is 6.81. The molecule has 0 amide bonds. The van der Waals surface area contributed by atoms with Gasteiger partial charge in [0.25, 0.3) is 0 Å². The number of nitrogens with one attached hydrogen (secondary N) is 1. The average molecular weight is 175 g/mol. The first-order valence-electron chi connectivity index (χ1n) is 3.51. The summed E-state index contributed by atoms with van der Waals surface area (Å²) < 4.78 is 2.06. The molecule has 0 aliphatic carbocycles. The molecular weight excluding hydrogens is 164 g/mol. The van der Waals surface area contributed by atoms with Gasteiger partial charge in [0.2, 0.25) is 0 Å². The third-order valence-electron chi connectivity index (χ3n) is 1.89. The molecule has 0 spiro atoms. The van der Waals surface area contributed by atoms with Gasteiger partial charge in [0.05, 0.1) is 0 Å². The first kappa shape index (κ1) is 8.49. The molecule has 1 atom stereocenters. The normalized spacial score (nSPS) is 23.1. The topological polar surface area (TPSA) is 42.7 Å². The lowest BCUT2D eigenvalue weighted by atomic mass is 10.3. The summed E-state index contributed by atoms with van der Waals surface area (Å²) in [6.45, 7) is 2.17. The van der Waals surface area contributed by atoms with Crippen LogP contribution in [0.4, 0.5) is 0 Å². The first-order valence-corrected chi connectivity index (χ1v) is 3.51. The standard InChI is InChI=1S/C6H10N4.ClH/c1-2-7-3-6(1)10-4-8-9-5-10;/h4-7H,1-3H2;1H. The van der Waals surface area contributed by atoms with Crippen molar-refractivity contribution in [2.75, 3.05) is 13.1 Å². The van der Waals surface area contributed by atoms with E-state index in [1.54, 1.807) is 12.7 Å². The van der Waals surface area contributed by atoms with E-state index in [2.05, 4.69) is 20.1 Å². The van der Waals surface area contributed by atoms with Gasteiger partial charge in [0, 0.05) is 12.6 Å².